The third kappa shape index (κ3) is 6.98. The molecule has 0 aromatic heterocycles. The fourth-order valence-corrected chi connectivity index (χ4v) is 6.82. The topological polar surface area (TPSA) is 96.0 Å². The van der Waals surface area contributed by atoms with Crippen molar-refractivity contribution in [3.05, 3.63) is 0 Å². The molecule has 2 aliphatic carbocycles. The van der Waals surface area contributed by atoms with Gasteiger partial charge in [0.05, 0.1) is 36.4 Å². The second kappa shape index (κ2) is 16.2. The van der Waals surface area contributed by atoms with Gasteiger partial charge < -0.3 is 14.2 Å². The molecule has 4 rings (SSSR count). The lowest BCUT2D eigenvalue weighted by atomic mass is 9.60. The minimum Gasteiger partial charge on any atom is -0.469 e. The van der Waals surface area contributed by atoms with Gasteiger partial charge in [0.1, 0.15) is 0 Å². The van der Waals surface area contributed by atoms with Crippen LogP contribution in [-0.4, -0.2) is 37.6 Å². The molecule has 0 N–H and O–H groups in total. The lowest BCUT2D eigenvalue weighted by Gasteiger charge is -2.39. The van der Waals surface area contributed by atoms with Crippen LogP contribution in [0.25, 0.3) is 0 Å². The number of hydrogen-bond acceptors (Lipinski definition) is 7. The maximum Gasteiger partial charge on any atom is 0.318 e. The molecule has 0 aromatic carbocycles. The molecule has 7 heteroatoms. The van der Waals surface area contributed by atoms with Gasteiger partial charge in [-0.2, -0.15) is 0 Å². The van der Waals surface area contributed by atoms with Crippen molar-refractivity contribution < 1.29 is 33.4 Å². The van der Waals surface area contributed by atoms with E-state index in [1.807, 2.05) is 6.92 Å². The summed E-state index contributed by atoms with van der Waals surface area (Å²) in [6, 6.07) is 0. The molecule has 4 aliphatic rings. The van der Waals surface area contributed by atoms with E-state index >= 15 is 0 Å². The summed E-state index contributed by atoms with van der Waals surface area (Å²) in [5.41, 5.74) is -1.94. The Morgan fingerprint density at radius 3 is 1.97 bits per heavy atom. The normalized spacial score (nSPS) is 33.3. The van der Waals surface area contributed by atoms with Crippen LogP contribution in [0.4, 0.5) is 0 Å². The number of rotatable bonds is 6. The molecule has 8 unspecified atom stereocenters. The SMILES string of the molecule is C.C.C.C.C.C.C.C.COC(=O)C(C)(CCC1(C)CCOC1=O)C1C(=O)OC(=O)C1C1C2CCC(C2)C1C. The van der Waals surface area contributed by atoms with Crippen molar-refractivity contribution in [1.82, 2.24) is 0 Å². The van der Waals surface area contributed by atoms with E-state index in [0.717, 1.165) is 19.3 Å². The molecular formula is C31H64O7. The van der Waals surface area contributed by atoms with Gasteiger partial charge in [-0.25, -0.2) is 0 Å². The molecule has 38 heavy (non-hydrogen) atoms. The van der Waals surface area contributed by atoms with Crippen molar-refractivity contribution >= 4 is 23.9 Å². The van der Waals surface area contributed by atoms with E-state index in [0.29, 0.717) is 37.2 Å². The van der Waals surface area contributed by atoms with Crippen molar-refractivity contribution in [3.8, 4) is 0 Å². The van der Waals surface area contributed by atoms with E-state index in [2.05, 4.69) is 6.92 Å². The number of hydrogen-bond donors (Lipinski definition) is 0. The van der Waals surface area contributed by atoms with Crippen LogP contribution in [0.1, 0.15) is 119 Å². The zero-order chi connectivity index (χ0) is 21.8. The maximum absolute atomic E-state index is 13.0. The lowest BCUT2D eigenvalue weighted by Crippen LogP contribution is -2.47. The summed E-state index contributed by atoms with van der Waals surface area (Å²) >= 11 is 0. The Bertz CT molecular complexity index is 776. The van der Waals surface area contributed by atoms with Crippen LogP contribution >= 0.6 is 0 Å². The summed E-state index contributed by atoms with van der Waals surface area (Å²) in [4.78, 5) is 51.0. The highest BCUT2D eigenvalue weighted by Gasteiger charge is 2.64. The molecule has 0 spiro atoms. The van der Waals surface area contributed by atoms with Gasteiger partial charge in [0.15, 0.2) is 0 Å². The number of methoxy groups -OCH3 is 1. The third-order valence-electron chi connectivity index (χ3n) is 8.82. The molecule has 2 saturated heterocycles. The van der Waals surface area contributed by atoms with E-state index in [9.17, 15) is 19.2 Å². The monoisotopic (exact) mass is 548 g/mol. The second-order valence-corrected chi connectivity index (χ2v) is 10.4. The molecule has 2 bridgehead atoms. The Morgan fingerprint density at radius 2 is 1.53 bits per heavy atom. The fourth-order valence-electron chi connectivity index (χ4n) is 6.82. The Balaban J connectivity index is -0.000000454. The summed E-state index contributed by atoms with van der Waals surface area (Å²) < 4.78 is 15.4. The zero-order valence-electron chi connectivity index (χ0n) is 18.3. The van der Waals surface area contributed by atoms with Gasteiger partial charge in [-0.05, 0) is 76.0 Å². The average molecular weight is 549 g/mol. The van der Waals surface area contributed by atoms with Gasteiger partial charge in [-0.1, -0.05) is 66.3 Å². The zero-order valence-corrected chi connectivity index (χ0v) is 18.3. The molecule has 0 radical (unpaired) electrons. The molecular weight excluding hydrogens is 484 g/mol. The van der Waals surface area contributed by atoms with Crippen molar-refractivity contribution in [2.75, 3.05) is 13.7 Å². The van der Waals surface area contributed by atoms with E-state index in [1.54, 1.807) is 6.92 Å². The van der Waals surface area contributed by atoms with Crippen LogP contribution < -0.4 is 0 Å². The number of esters is 4. The lowest BCUT2D eigenvalue weighted by molar-refractivity contribution is -0.165. The van der Waals surface area contributed by atoms with Gasteiger partial charge in [-0.15, -0.1) is 0 Å². The van der Waals surface area contributed by atoms with Crippen LogP contribution in [0, 0.1) is 46.3 Å². The van der Waals surface area contributed by atoms with E-state index in [4.69, 9.17) is 14.2 Å². The number of ether oxygens (including phenoxy) is 3. The number of carbonyl (C=O) groups is 4. The Labute approximate surface area is 236 Å². The van der Waals surface area contributed by atoms with Gasteiger partial charge in [-0.3, -0.25) is 19.2 Å². The molecule has 2 aliphatic heterocycles. The van der Waals surface area contributed by atoms with Gasteiger partial charge in [0.2, 0.25) is 0 Å². The smallest absolute Gasteiger partial charge is 0.318 e. The largest absolute Gasteiger partial charge is 0.469 e. The standard InChI is InChI=1S/C23H32O7.8CH4/c1-12-13-5-6-14(11-13)15(12)16-17(19(25)30-18(16)24)23(3,21(27)28-4)8-7-22(2)9-10-29-20(22)26;;;;;;;;/h12-17H,5-11H2,1-4H3;8*1H4. The molecule has 230 valence electrons. The minimum absolute atomic E-state index is 0. The predicted molar refractivity (Wildman–Crippen MR) is 158 cm³/mol. The van der Waals surface area contributed by atoms with Gasteiger partial charge in [0, 0.05) is 0 Å². The summed E-state index contributed by atoms with van der Waals surface area (Å²) in [5.74, 6) is -2.14. The highest BCUT2D eigenvalue weighted by molar-refractivity contribution is 6.00. The minimum atomic E-state index is -1.24. The first-order valence-electron chi connectivity index (χ1n) is 11.1. The predicted octanol–water partition coefficient (Wildman–Crippen LogP) is 7.99. The van der Waals surface area contributed by atoms with E-state index in [1.165, 1.54) is 7.11 Å². The molecule has 7 nitrogen and oxygen atoms in total. The van der Waals surface area contributed by atoms with Crippen molar-refractivity contribution in [2.45, 2.75) is 119 Å². The third-order valence-corrected chi connectivity index (χ3v) is 8.82. The molecule has 4 fully saturated rings. The average Bonchev–Trinajstić information content (AvgIpc) is 3.45. The number of fused-ring (bicyclic) bond motifs is 2. The van der Waals surface area contributed by atoms with Crippen LogP contribution in [0.3, 0.4) is 0 Å². The quantitative estimate of drug-likeness (QED) is 0.188. The molecule has 2 saturated carbocycles. The van der Waals surface area contributed by atoms with Crippen LogP contribution in [-0.2, 0) is 33.4 Å². The van der Waals surface area contributed by atoms with E-state index < -0.39 is 40.6 Å². The molecule has 2 heterocycles. The molecule has 0 aromatic rings. The Hall–Kier alpha value is -1.92. The number of carbonyl (C=O) groups excluding carboxylic acids is 4. The number of cyclic esters (lactones) is 3. The first-order valence-corrected chi connectivity index (χ1v) is 11.1. The fraction of sp³-hybridized carbons (Fsp3) is 0.871. The first-order chi connectivity index (χ1) is 14.1. The van der Waals surface area contributed by atoms with Crippen molar-refractivity contribution in [2.24, 2.45) is 46.3 Å². The highest BCUT2D eigenvalue weighted by atomic mass is 16.6. The van der Waals surface area contributed by atoms with Crippen LogP contribution in [0.2, 0.25) is 0 Å². The van der Waals surface area contributed by atoms with Crippen LogP contribution in [0.5, 0.6) is 0 Å². The van der Waals surface area contributed by atoms with Crippen molar-refractivity contribution in [1.29, 1.82) is 0 Å². The van der Waals surface area contributed by atoms with Gasteiger partial charge >= 0.3 is 23.9 Å². The second-order valence-electron chi connectivity index (χ2n) is 10.4. The van der Waals surface area contributed by atoms with Crippen LogP contribution in [0.15, 0.2) is 0 Å². The summed E-state index contributed by atoms with van der Waals surface area (Å²) in [6.45, 7) is 6.04. The molecule has 0 amide bonds. The summed E-state index contributed by atoms with van der Waals surface area (Å²) in [7, 11) is 1.30. The van der Waals surface area contributed by atoms with E-state index in [-0.39, 0.29) is 77.7 Å². The first kappa shape index (κ1) is 46.0. The summed E-state index contributed by atoms with van der Waals surface area (Å²) in [6.07, 6.45) is 4.51. The van der Waals surface area contributed by atoms with Crippen molar-refractivity contribution in [3.63, 3.8) is 0 Å². The molecule has 8 atom stereocenters. The Morgan fingerprint density at radius 1 is 0.974 bits per heavy atom. The highest BCUT2D eigenvalue weighted by Crippen LogP contribution is 2.59. The Kier molecular flexibility index (Phi) is 19.7. The summed E-state index contributed by atoms with van der Waals surface area (Å²) in [5, 5.41) is 0. The van der Waals surface area contributed by atoms with Gasteiger partial charge in [0.25, 0.3) is 0 Å². The maximum atomic E-state index is 13.0.